The van der Waals surface area contributed by atoms with Crippen molar-refractivity contribution >= 4 is 17.9 Å². The van der Waals surface area contributed by atoms with E-state index in [-0.39, 0.29) is 31.1 Å². The minimum Gasteiger partial charge on any atom is -0.462 e. The largest absolute Gasteiger partial charge is 0.462 e. The summed E-state index contributed by atoms with van der Waals surface area (Å²) < 4.78 is 16.9. The molecule has 1 unspecified atom stereocenters. The molecule has 0 rings (SSSR count). The van der Waals surface area contributed by atoms with Crippen molar-refractivity contribution in [1.29, 1.82) is 0 Å². The lowest BCUT2D eigenvalue weighted by Gasteiger charge is -2.18. The molecule has 6 nitrogen and oxygen atoms in total. The summed E-state index contributed by atoms with van der Waals surface area (Å²) in [5.41, 5.74) is 0. The normalized spacial score (nSPS) is 12.6. The third-order valence-corrected chi connectivity index (χ3v) is 15.9. The van der Waals surface area contributed by atoms with Gasteiger partial charge in [0.2, 0.25) is 0 Å². The molecule has 0 saturated heterocycles. The number of rotatable bonds is 66. The Balaban J connectivity index is 4.15. The van der Waals surface area contributed by atoms with E-state index in [1.807, 2.05) is 0 Å². The maximum atomic E-state index is 12.9. The Kier molecular flexibility index (Phi) is 68.2. The molecule has 0 bridgehead atoms. The predicted octanol–water partition coefficient (Wildman–Crippen LogP) is 25.0. The lowest BCUT2D eigenvalue weighted by Crippen LogP contribution is -2.30. The topological polar surface area (TPSA) is 78.9 Å². The average Bonchev–Trinajstić information content (AvgIpc) is 3.49. The molecule has 0 aromatic carbocycles. The first-order chi connectivity index (χ1) is 41.0. The molecular weight excluding hydrogens is 1020 g/mol. The fourth-order valence-corrected chi connectivity index (χ4v) is 10.5. The third kappa shape index (κ3) is 69.3. The van der Waals surface area contributed by atoms with Gasteiger partial charge in [0, 0.05) is 19.3 Å². The van der Waals surface area contributed by atoms with Crippen LogP contribution in [0, 0.1) is 0 Å². The molecule has 0 aromatic heterocycles. The smallest absolute Gasteiger partial charge is 0.306 e. The molecule has 0 radical (unpaired) electrons. The molecule has 0 aliphatic heterocycles. The van der Waals surface area contributed by atoms with Gasteiger partial charge in [-0.25, -0.2) is 0 Å². The number of esters is 3. The van der Waals surface area contributed by atoms with Crippen LogP contribution in [0.2, 0.25) is 0 Å². The van der Waals surface area contributed by atoms with E-state index in [1.165, 1.54) is 218 Å². The van der Waals surface area contributed by atoms with Crippen molar-refractivity contribution in [3.05, 3.63) is 85.1 Å². The van der Waals surface area contributed by atoms with Crippen molar-refractivity contribution in [2.45, 2.75) is 374 Å². The quantitative estimate of drug-likeness (QED) is 0.0261. The molecule has 0 aliphatic carbocycles. The molecule has 0 aromatic rings. The van der Waals surface area contributed by atoms with E-state index in [4.69, 9.17) is 14.2 Å². The minimum absolute atomic E-state index is 0.0729. The Morgan fingerprint density at radius 2 is 0.470 bits per heavy atom. The predicted molar refractivity (Wildman–Crippen MR) is 362 cm³/mol. The lowest BCUT2D eigenvalue weighted by atomic mass is 10.0. The van der Waals surface area contributed by atoms with E-state index in [1.54, 1.807) is 0 Å². The monoisotopic (exact) mass is 1160 g/mol. The standard InChI is InChI=1S/C77H136O6/c1-4-7-10-13-16-19-21-23-25-27-29-31-33-35-36-37-38-39-40-42-43-45-47-49-51-53-55-58-61-64-67-70-76(79)82-73-74(72-81-75(78)69-66-63-60-57-18-15-12-9-6-3)83-77(80)71-68-65-62-59-56-54-52-50-48-46-44-41-34-32-30-28-26-24-22-20-17-14-11-8-5-2/h7,10,16,19,23,25,29,31,35-36,38-39,42-43,74H,4-6,8-9,11-15,17-18,20-22,24,26-28,30,32-34,37,40-41,44-73H2,1-3H3/b10-7-,19-16-,25-23-,31-29-,36-35-,39-38-,43-42-. The van der Waals surface area contributed by atoms with Crippen LogP contribution in [-0.2, 0) is 28.6 Å². The zero-order valence-corrected chi connectivity index (χ0v) is 55.2. The van der Waals surface area contributed by atoms with Gasteiger partial charge in [-0.2, -0.15) is 0 Å². The second-order valence-corrected chi connectivity index (χ2v) is 24.1. The van der Waals surface area contributed by atoms with Crippen molar-refractivity contribution in [2.75, 3.05) is 13.2 Å². The van der Waals surface area contributed by atoms with Crippen molar-refractivity contribution in [3.63, 3.8) is 0 Å². The Labute approximate surface area is 515 Å². The molecule has 0 heterocycles. The van der Waals surface area contributed by atoms with Gasteiger partial charge < -0.3 is 14.2 Å². The second kappa shape index (κ2) is 71.1. The van der Waals surface area contributed by atoms with Crippen LogP contribution in [0.5, 0.6) is 0 Å². The van der Waals surface area contributed by atoms with Crippen LogP contribution in [-0.4, -0.2) is 37.2 Å². The summed E-state index contributed by atoms with van der Waals surface area (Å²) in [6.07, 6.45) is 94.9. The third-order valence-electron chi connectivity index (χ3n) is 15.9. The van der Waals surface area contributed by atoms with Gasteiger partial charge in [-0.3, -0.25) is 14.4 Å². The minimum atomic E-state index is -0.776. The second-order valence-electron chi connectivity index (χ2n) is 24.1. The van der Waals surface area contributed by atoms with Crippen LogP contribution in [0.15, 0.2) is 85.1 Å². The Bertz CT molecular complexity index is 1570. The number of unbranched alkanes of at least 4 members (excludes halogenated alkanes) is 41. The maximum Gasteiger partial charge on any atom is 0.306 e. The Hall–Kier alpha value is -3.41. The van der Waals surface area contributed by atoms with Gasteiger partial charge in [-0.05, 0) is 77.0 Å². The Morgan fingerprint density at radius 1 is 0.253 bits per heavy atom. The van der Waals surface area contributed by atoms with Crippen LogP contribution < -0.4 is 0 Å². The van der Waals surface area contributed by atoms with Gasteiger partial charge >= 0.3 is 17.9 Å². The van der Waals surface area contributed by atoms with Crippen LogP contribution in [0.25, 0.3) is 0 Å². The number of hydrogen-bond donors (Lipinski definition) is 0. The highest BCUT2D eigenvalue weighted by molar-refractivity contribution is 5.71. The van der Waals surface area contributed by atoms with E-state index < -0.39 is 6.10 Å². The van der Waals surface area contributed by atoms with E-state index in [0.29, 0.717) is 19.3 Å². The summed E-state index contributed by atoms with van der Waals surface area (Å²) >= 11 is 0. The molecule has 83 heavy (non-hydrogen) atoms. The van der Waals surface area contributed by atoms with E-state index in [0.717, 1.165) is 109 Å². The number of carbonyl (C=O) groups is 3. The van der Waals surface area contributed by atoms with Crippen molar-refractivity contribution in [1.82, 2.24) is 0 Å². The van der Waals surface area contributed by atoms with Crippen LogP contribution in [0.1, 0.15) is 367 Å². The van der Waals surface area contributed by atoms with Crippen molar-refractivity contribution in [3.8, 4) is 0 Å². The van der Waals surface area contributed by atoms with E-state index in [2.05, 4.69) is 106 Å². The zero-order valence-electron chi connectivity index (χ0n) is 55.2. The molecule has 1 atom stereocenters. The number of allylic oxidation sites excluding steroid dienone is 14. The van der Waals surface area contributed by atoms with Gasteiger partial charge in [0.15, 0.2) is 6.10 Å². The van der Waals surface area contributed by atoms with Crippen LogP contribution in [0.3, 0.4) is 0 Å². The molecule has 0 N–H and O–H groups in total. The van der Waals surface area contributed by atoms with E-state index >= 15 is 0 Å². The average molecular weight is 1160 g/mol. The van der Waals surface area contributed by atoms with Gasteiger partial charge in [0.25, 0.3) is 0 Å². The SMILES string of the molecule is CC/C=C\C/C=C\C/C=C\C/C=C\C/C=C\C/C=C\C/C=C\CCCCCCCCCCCC(=O)OCC(COC(=O)CCCCCCCCCCC)OC(=O)CCCCCCCCCCCCCCCCCCCCCCCCCCC. The number of carbonyl (C=O) groups excluding carboxylic acids is 3. The molecule has 0 fully saturated rings. The molecule has 0 aliphatic rings. The van der Waals surface area contributed by atoms with Crippen molar-refractivity contribution < 1.29 is 28.6 Å². The van der Waals surface area contributed by atoms with Gasteiger partial charge in [0.1, 0.15) is 13.2 Å². The van der Waals surface area contributed by atoms with Gasteiger partial charge in [-0.1, -0.05) is 356 Å². The zero-order chi connectivity index (χ0) is 59.9. The fourth-order valence-electron chi connectivity index (χ4n) is 10.5. The first-order valence-electron chi connectivity index (χ1n) is 36.1. The summed E-state index contributed by atoms with van der Waals surface area (Å²) in [6, 6.07) is 0. The molecule has 0 spiro atoms. The first kappa shape index (κ1) is 79.6. The summed E-state index contributed by atoms with van der Waals surface area (Å²) in [5, 5.41) is 0. The first-order valence-corrected chi connectivity index (χ1v) is 36.1. The summed E-state index contributed by atoms with van der Waals surface area (Å²) in [6.45, 7) is 6.56. The van der Waals surface area contributed by atoms with Gasteiger partial charge in [0.05, 0.1) is 0 Å². The molecule has 6 heteroatoms. The fraction of sp³-hybridized carbons (Fsp3) is 0.779. The van der Waals surface area contributed by atoms with Gasteiger partial charge in [-0.15, -0.1) is 0 Å². The summed E-state index contributed by atoms with van der Waals surface area (Å²) in [7, 11) is 0. The molecule has 0 saturated carbocycles. The highest BCUT2D eigenvalue weighted by Gasteiger charge is 2.19. The van der Waals surface area contributed by atoms with Crippen LogP contribution in [0.4, 0.5) is 0 Å². The highest BCUT2D eigenvalue weighted by Crippen LogP contribution is 2.18. The molecular formula is C77H136O6. The van der Waals surface area contributed by atoms with Crippen molar-refractivity contribution in [2.24, 2.45) is 0 Å². The van der Waals surface area contributed by atoms with Crippen LogP contribution >= 0.6 is 0 Å². The summed E-state index contributed by atoms with van der Waals surface area (Å²) in [5.74, 6) is -0.862. The summed E-state index contributed by atoms with van der Waals surface area (Å²) in [4.78, 5) is 38.3. The number of ether oxygens (including phenoxy) is 3. The van der Waals surface area contributed by atoms with E-state index in [9.17, 15) is 14.4 Å². The maximum absolute atomic E-state index is 12.9. The highest BCUT2D eigenvalue weighted by atomic mass is 16.6. The number of hydrogen-bond acceptors (Lipinski definition) is 6. The molecule has 0 amide bonds. The lowest BCUT2D eigenvalue weighted by molar-refractivity contribution is -0.167. The molecule has 480 valence electrons. The Morgan fingerprint density at radius 3 is 0.735 bits per heavy atom.